The molecule has 0 aliphatic carbocycles. The molecule has 0 aromatic heterocycles. The van der Waals surface area contributed by atoms with Crippen molar-refractivity contribution >= 4 is 22.9 Å². The first-order valence-corrected chi connectivity index (χ1v) is 7.32. The summed E-state index contributed by atoms with van der Waals surface area (Å²) in [7, 11) is 2.12. The van der Waals surface area contributed by atoms with Gasteiger partial charge in [0.15, 0.2) is 0 Å². The molecule has 1 aromatic carbocycles. The highest BCUT2D eigenvalue weighted by Gasteiger charge is 2.14. The molecule has 0 unspecified atom stereocenters. The van der Waals surface area contributed by atoms with E-state index in [1.807, 2.05) is 6.07 Å². The van der Waals surface area contributed by atoms with Crippen molar-refractivity contribution in [2.75, 3.05) is 38.1 Å². The van der Waals surface area contributed by atoms with Crippen molar-refractivity contribution in [2.45, 2.75) is 19.8 Å². The van der Waals surface area contributed by atoms with Crippen LogP contribution in [-0.4, -0.2) is 43.1 Å². The molecule has 1 aromatic rings. The quantitative estimate of drug-likeness (QED) is 0.836. The van der Waals surface area contributed by atoms with Crippen molar-refractivity contribution in [3.8, 4) is 0 Å². The fraction of sp³-hybridized carbons (Fsp3) is 0.533. The van der Waals surface area contributed by atoms with Crippen LogP contribution in [0.5, 0.6) is 0 Å². The lowest BCUT2D eigenvalue weighted by Gasteiger charge is -2.25. The van der Waals surface area contributed by atoms with E-state index in [4.69, 9.17) is 18.0 Å². The lowest BCUT2D eigenvalue weighted by atomic mass is 10.1. The Morgan fingerprint density at radius 1 is 1.37 bits per heavy atom. The van der Waals surface area contributed by atoms with Crippen molar-refractivity contribution < 1.29 is 0 Å². The maximum atomic E-state index is 5.82. The van der Waals surface area contributed by atoms with Crippen molar-refractivity contribution in [3.63, 3.8) is 0 Å². The Balaban J connectivity index is 2.06. The summed E-state index contributed by atoms with van der Waals surface area (Å²) in [6, 6.07) is 6.25. The van der Waals surface area contributed by atoms with E-state index in [9.17, 15) is 0 Å². The van der Waals surface area contributed by atoms with Crippen LogP contribution in [0.2, 0.25) is 0 Å². The minimum Gasteiger partial charge on any atom is -0.389 e. The number of thiocarbonyl (C=S) groups is 1. The zero-order chi connectivity index (χ0) is 13.8. The molecule has 0 saturated carbocycles. The van der Waals surface area contributed by atoms with Crippen LogP contribution in [0, 0.1) is 6.92 Å². The van der Waals surface area contributed by atoms with Crippen LogP contribution in [0.1, 0.15) is 24.0 Å². The van der Waals surface area contributed by atoms with Gasteiger partial charge in [0.05, 0.1) is 0 Å². The van der Waals surface area contributed by atoms with Gasteiger partial charge >= 0.3 is 0 Å². The van der Waals surface area contributed by atoms with E-state index in [2.05, 4.69) is 35.9 Å². The smallest absolute Gasteiger partial charge is 0.106 e. The standard InChI is InChI=1S/C15H23N3S/c1-12-5-6-13(15(16)19)14(11-12)17(2)9-10-18-7-3-4-8-18/h5-6,11H,3-4,7-10H2,1-2H3,(H2,16,19). The van der Waals surface area contributed by atoms with E-state index in [-0.39, 0.29) is 0 Å². The molecule has 0 radical (unpaired) electrons. The second-order valence-electron chi connectivity index (χ2n) is 5.36. The van der Waals surface area contributed by atoms with E-state index in [1.54, 1.807) is 0 Å². The number of likely N-dealkylation sites (tertiary alicyclic amines) is 1. The maximum absolute atomic E-state index is 5.82. The van der Waals surface area contributed by atoms with Gasteiger partial charge in [0, 0.05) is 31.4 Å². The Hall–Kier alpha value is -1.13. The molecule has 2 N–H and O–H groups in total. The number of hydrogen-bond acceptors (Lipinski definition) is 3. The van der Waals surface area contributed by atoms with Crippen molar-refractivity contribution in [3.05, 3.63) is 29.3 Å². The predicted octanol–water partition coefficient (Wildman–Crippen LogP) is 2.16. The molecule has 1 heterocycles. The summed E-state index contributed by atoms with van der Waals surface area (Å²) < 4.78 is 0. The monoisotopic (exact) mass is 277 g/mol. The fourth-order valence-corrected chi connectivity index (χ4v) is 2.76. The van der Waals surface area contributed by atoms with E-state index in [0.717, 1.165) is 24.3 Å². The number of benzene rings is 1. The minimum absolute atomic E-state index is 0.475. The van der Waals surface area contributed by atoms with Gasteiger partial charge in [0.1, 0.15) is 4.99 Å². The molecule has 3 nitrogen and oxygen atoms in total. The van der Waals surface area contributed by atoms with Crippen LogP contribution < -0.4 is 10.6 Å². The Labute approximate surface area is 121 Å². The Kier molecular flexibility index (Phi) is 4.77. The second kappa shape index (κ2) is 6.35. The number of hydrogen-bond donors (Lipinski definition) is 1. The van der Waals surface area contributed by atoms with Gasteiger partial charge < -0.3 is 15.5 Å². The van der Waals surface area contributed by atoms with Crippen LogP contribution >= 0.6 is 12.2 Å². The predicted molar refractivity (Wildman–Crippen MR) is 86.0 cm³/mol. The Morgan fingerprint density at radius 2 is 2.05 bits per heavy atom. The molecule has 104 valence electrons. The van der Waals surface area contributed by atoms with E-state index in [0.29, 0.717) is 4.99 Å². The molecule has 0 atom stereocenters. The lowest BCUT2D eigenvalue weighted by molar-refractivity contribution is 0.346. The summed E-state index contributed by atoms with van der Waals surface area (Å²) in [6.45, 7) is 6.70. The summed E-state index contributed by atoms with van der Waals surface area (Å²) in [5.74, 6) is 0. The molecule has 1 aliphatic rings. The number of aryl methyl sites for hydroxylation is 1. The van der Waals surface area contributed by atoms with Gasteiger partial charge in [-0.15, -0.1) is 0 Å². The number of nitrogens with two attached hydrogens (primary N) is 1. The molecular formula is C15H23N3S. The number of nitrogens with zero attached hydrogens (tertiary/aromatic N) is 2. The zero-order valence-corrected chi connectivity index (χ0v) is 12.7. The van der Waals surface area contributed by atoms with Crippen LogP contribution in [-0.2, 0) is 0 Å². The van der Waals surface area contributed by atoms with E-state index >= 15 is 0 Å². The zero-order valence-electron chi connectivity index (χ0n) is 11.9. The highest BCUT2D eigenvalue weighted by atomic mass is 32.1. The van der Waals surface area contributed by atoms with Gasteiger partial charge in [-0.3, -0.25) is 0 Å². The Bertz CT molecular complexity index is 453. The summed E-state index contributed by atoms with van der Waals surface area (Å²) in [5.41, 5.74) is 9.18. The molecule has 0 amide bonds. The molecule has 1 saturated heterocycles. The minimum atomic E-state index is 0.475. The molecule has 4 heteroatoms. The summed E-state index contributed by atoms with van der Waals surface area (Å²) >= 11 is 5.14. The summed E-state index contributed by atoms with van der Waals surface area (Å²) in [5, 5.41) is 0. The maximum Gasteiger partial charge on any atom is 0.106 e. The highest BCUT2D eigenvalue weighted by molar-refractivity contribution is 7.80. The first-order chi connectivity index (χ1) is 9.08. The third kappa shape index (κ3) is 3.67. The first-order valence-electron chi connectivity index (χ1n) is 6.92. The normalized spacial score (nSPS) is 15.7. The van der Waals surface area contributed by atoms with Gasteiger partial charge in [0.25, 0.3) is 0 Å². The molecule has 19 heavy (non-hydrogen) atoms. The van der Waals surface area contributed by atoms with E-state index < -0.39 is 0 Å². The average Bonchev–Trinajstić information content (AvgIpc) is 2.88. The largest absolute Gasteiger partial charge is 0.389 e. The second-order valence-corrected chi connectivity index (χ2v) is 5.79. The average molecular weight is 277 g/mol. The molecule has 0 bridgehead atoms. The number of anilines is 1. The third-order valence-corrected chi connectivity index (χ3v) is 4.00. The van der Waals surface area contributed by atoms with Crippen molar-refractivity contribution in [1.29, 1.82) is 0 Å². The topological polar surface area (TPSA) is 32.5 Å². The number of likely N-dealkylation sites (N-methyl/N-ethyl adjacent to an activating group) is 1. The molecule has 1 fully saturated rings. The van der Waals surface area contributed by atoms with E-state index in [1.165, 1.54) is 31.5 Å². The van der Waals surface area contributed by atoms with Crippen LogP contribution in [0.3, 0.4) is 0 Å². The fourth-order valence-electron chi connectivity index (χ4n) is 2.58. The van der Waals surface area contributed by atoms with Gasteiger partial charge in [-0.25, -0.2) is 0 Å². The van der Waals surface area contributed by atoms with Crippen molar-refractivity contribution in [2.24, 2.45) is 5.73 Å². The summed E-state index contributed by atoms with van der Waals surface area (Å²) in [6.07, 6.45) is 2.68. The van der Waals surface area contributed by atoms with Crippen molar-refractivity contribution in [1.82, 2.24) is 4.90 Å². The van der Waals surface area contributed by atoms with Gasteiger partial charge in [-0.2, -0.15) is 0 Å². The first kappa shape index (κ1) is 14.3. The molecule has 2 rings (SSSR count). The third-order valence-electron chi connectivity index (χ3n) is 3.78. The summed E-state index contributed by atoms with van der Waals surface area (Å²) in [4.78, 5) is 5.26. The molecular weight excluding hydrogens is 254 g/mol. The van der Waals surface area contributed by atoms with Gasteiger partial charge in [-0.1, -0.05) is 18.3 Å². The Morgan fingerprint density at radius 3 is 2.68 bits per heavy atom. The molecule has 0 spiro atoms. The SMILES string of the molecule is Cc1ccc(C(N)=S)c(N(C)CCN2CCCC2)c1. The highest BCUT2D eigenvalue weighted by Crippen LogP contribution is 2.21. The van der Waals surface area contributed by atoms with Crippen LogP contribution in [0.15, 0.2) is 18.2 Å². The van der Waals surface area contributed by atoms with Crippen LogP contribution in [0.4, 0.5) is 5.69 Å². The van der Waals surface area contributed by atoms with Gasteiger partial charge in [-0.05, 0) is 50.6 Å². The van der Waals surface area contributed by atoms with Crippen LogP contribution in [0.25, 0.3) is 0 Å². The molecule has 1 aliphatic heterocycles. The lowest BCUT2D eigenvalue weighted by Crippen LogP contribution is -2.32. The van der Waals surface area contributed by atoms with Gasteiger partial charge in [0.2, 0.25) is 0 Å². The number of rotatable bonds is 5.